The summed E-state index contributed by atoms with van der Waals surface area (Å²) in [5.74, 6) is 1.13. The monoisotopic (exact) mass is 553 g/mol. The van der Waals surface area contributed by atoms with Gasteiger partial charge in [0.25, 0.3) is 0 Å². The first-order chi connectivity index (χ1) is 19.1. The van der Waals surface area contributed by atoms with E-state index in [-0.39, 0.29) is 18.9 Å². The van der Waals surface area contributed by atoms with Gasteiger partial charge in [-0.3, -0.25) is 9.80 Å². The fourth-order valence-electron chi connectivity index (χ4n) is 6.07. The quantitative estimate of drug-likeness (QED) is 0.514. The molecule has 11 heteroatoms. The van der Waals surface area contributed by atoms with E-state index in [1.807, 2.05) is 56.0 Å². The third-order valence-electron chi connectivity index (χ3n) is 8.12. The van der Waals surface area contributed by atoms with Crippen LogP contribution >= 0.6 is 0 Å². The Labute approximate surface area is 237 Å². The molecule has 0 spiro atoms. The van der Waals surface area contributed by atoms with Crippen molar-refractivity contribution in [3.05, 3.63) is 30.3 Å². The minimum absolute atomic E-state index is 0.156. The standard InChI is InChI=1S/C29H43N7O4/c1-29(2,3)40-28(37)34-13-12-33(4)22(17-34)18-36-20-10-11-21(36)16-35(15-20)25-14-24(31-32-27(25)30)23-8-6-7-9-26(23)39-19-38-5/h6-9,14,20-22H,10-13,15-19H2,1-5H3,(H2,30,32). The van der Waals surface area contributed by atoms with Crippen LogP contribution in [0.4, 0.5) is 16.3 Å². The number of methoxy groups -OCH3 is 1. The van der Waals surface area contributed by atoms with Gasteiger partial charge in [-0.15, -0.1) is 10.2 Å². The van der Waals surface area contributed by atoms with Gasteiger partial charge in [-0.2, -0.15) is 0 Å². The van der Waals surface area contributed by atoms with Gasteiger partial charge in [0.2, 0.25) is 0 Å². The van der Waals surface area contributed by atoms with Crippen LogP contribution in [0, 0.1) is 0 Å². The molecule has 40 heavy (non-hydrogen) atoms. The number of likely N-dealkylation sites (N-methyl/N-ethyl adjacent to an activating group) is 1. The average Bonchev–Trinajstić information content (AvgIpc) is 3.13. The lowest BCUT2D eigenvalue weighted by Gasteiger charge is -2.46. The van der Waals surface area contributed by atoms with Crippen LogP contribution in [0.1, 0.15) is 33.6 Å². The van der Waals surface area contributed by atoms with Gasteiger partial charge in [-0.1, -0.05) is 12.1 Å². The molecule has 2 aromatic rings. The van der Waals surface area contributed by atoms with Crippen LogP contribution in [-0.2, 0) is 9.47 Å². The van der Waals surface area contributed by atoms with Crippen LogP contribution in [0.15, 0.2) is 30.3 Å². The van der Waals surface area contributed by atoms with Crippen LogP contribution in [-0.4, -0.2) is 115 Å². The van der Waals surface area contributed by atoms with E-state index < -0.39 is 5.60 Å². The summed E-state index contributed by atoms with van der Waals surface area (Å²) in [6.45, 7) is 10.8. The molecule has 2 bridgehead atoms. The number of hydrogen-bond acceptors (Lipinski definition) is 10. The summed E-state index contributed by atoms with van der Waals surface area (Å²) in [6, 6.07) is 10.9. The smallest absolute Gasteiger partial charge is 0.410 e. The van der Waals surface area contributed by atoms with Crippen molar-refractivity contribution < 1.29 is 19.0 Å². The maximum atomic E-state index is 12.8. The molecule has 3 aliphatic rings. The number of rotatable bonds is 7. The van der Waals surface area contributed by atoms with Crippen molar-refractivity contribution >= 4 is 17.6 Å². The first-order valence-electron chi connectivity index (χ1n) is 14.2. The maximum Gasteiger partial charge on any atom is 0.410 e. The number of nitrogens with two attached hydrogens (primary N) is 1. The number of para-hydroxylation sites is 1. The Bertz CT molecular complexity index is 1180. The maximum absolute atomic E-state index is 12.8. The zero-order chi connectivity index (χ0) is 28.4. The number of aromatic nitrogens is 2. The zero-order valence-electron chi connectivity index (χ0n) is 24.4. The highest BCUT2D eigenvalue weighted by Crippen LogP contribution is 2.37. The van der Waals surface area contributed by atoms with Gasteiger partial charge in [0.1, 0.15) is 11.4 Å². The Morgan fingerprint density at radius 3 is 2.50 bits per heavy atom. The summed E-state index contributed by atoms with van der Waals surface area (Å²) >= 11 is 0. The van der Waals surface area contributed by atoms with Crippen molar-refractivity contribution in [2.45, 2.75) is 57.3 Å². The second kappa shape index (κ2) is 11.8. The van der Waals surface area contributed by atoms with Crippen LogP contribution < -0.4 is 15.4 Å². The van der Waals surface area contributed by atoms with Crippen LogP contribution in [0.25, 0.3) is 11.3 Å². The summed E-state index contributed by atoms with van der Waals surface area (Å²) < 4.78 is 16.5. The van der Waals surface area contributed by atoms with E-state index >= 15 is 0 Å². The normalized spacial score (nSPS) is 23.9. The first-order valence-corrected chi connectivity index (χ1v) is 14.2. The van der Waals surface area contributed by atoms with Gasteiger partial charge < -0.3 is 29.7 Å². The van der Waals surface area contributed by atoms with Gasteiger partial charge >= 0.3 is 6.09 Å². The third-order valence-corrected chi connectivity index (χ3v) is 8.12. The predicted octanol–water partition coefficient (Wildman–Crippen LogP) is 2.91. The van der Waals surface area contributed by atoms with E-state index in [1.54, 1.807) is 7.11 Å². The molecule has 3 aliphatic heterocycles. The number of carbonyl (C=O) groups is 1. The molecule has 0 aliphatic carbocycles. The van der Waals surface area contributed by atoms with E-state index in [9.17, 15) is 4.79 Å². The number of benzene rings is 1. The summed E-state index contributed by atoms with van der Waals surface area (Å²) in [6.07, 6.45) is 2.07. The Kier molecular flexibility index (Phi) is 8.34. The van der Waals surface area contributed by atoms with Gasteiger partial charge in [-0.05, 0) is 58.9 Å². The lowest BCUT2D eigenvalue weighted by Crippen LogP contribution is -2.61. The molecule has 4 heterocycles. The molecule has 2 N–H and O–H groups in total. The van der Waals surface area contributed by atoms with E-state index in [1.165, 1.54) is 0 Å². The molecule has 11 nitrogen and oxygen atoms in total. The average molecular weight is 554 g/mol. The second-order valence-corrected chi connectivity index (χ2v) is 12.1. The summed E-state index contributed by atoms with van der Waals surface area (Å²) in [7, 11) is 3.76. The molecule has 3 fully saturated rings. The highest BCUT2D eigenvalue weighted by Gasteiger charge is 2.43. The number of hydrogen-bond donors (Lipinski definition) is 1. The highest BCUT2D eigenvalue weighted by atomic mass is 16.7. The molecular formula is C29H43N7O4. The van der Waals surface area contributed by atoms with Crippen LogP contribution in [0.2, 0.25) is 0 Å². The number of nitrogens with zero attached hydrogens (tertiary/aromatic N) is 6. The van der Waals surface area contributed by atoms with Gasteiger partial charge in [0.05, 0.1) is 11.4 Å². The second-order valence-electron chi connectivity index (χ2n) is 12.1. The SMILES string of the molecule is COCOc1ccccc1-c1cc(N2CC3CCC(C2)N3CC2CN(C(=O)OC(C)(C)C)CCN2C)c(N)nn1. The molecule has 3 atom stereocenters. The Morgan fingerprint density at radius 1 is 1.07 bits per heavy atom. The van der Waals surface area contributed by atoms with E-state index in [2.05, 4.69) is 31.9 Å². The number of carbonyl (C=O) groups excluding carboxylic acids is 1. The minimum atomic E-state index is -0.492. The third kappa shape index (κ3) is 6.26. The van der Waals surface area contributed by atoms with Crippen molar-refractivity contribution in [3.8, 4) is 17.0 Å². The van der Waals surface area contributed by atoms with Crippen molar-refractivity contribution in [1.82, 2.24) is 24.9 Å². The molecule has 218 valence electrons. The fraction of sp³-hybridized carbons (Fsp3) is 0.621. The lowest BCUT2D eigenvalue weighted by molar-refractivity contribution is 0.000516. The van der Waals surface area contributed by atoms with Gasteiger partial charge in [0.15, 0.2) is 12.6 Å². The molecule has 3 unspecified atom stereocenters. The predicted molar refractivity (Wildman–Crippen MR) is 154 cm³/mol. The number of nitrogen functional groups attached to an aromatic ring is 1. The molecule has 1 amide bonds. The van der Waals surface area contributed by atoms with Gasteiger partial charge in [-0.25, -0.2) is 4.79 Å². The Balaban J connectivity index is 1.28. The molecule has 3 saturated heterocycles. The van der Waals surface area contributed by atoms with Crippen molar-refractivity contribution in [3.63, 3.8) is 0 Å². The van der Waals surface area contributed by atoms with Crippen molar-refractivity contribution in [2.24, 2.45) is 0 Å². The molecule has 5 rings (SSSR count). The molecule has 1 aromatic carbocycles. The fourth-order valence-corrected chi connectivity index (χ4v) is 6.07. The Hall–Kier alpha value is -3.15. The highest BCUT2D eigenvalue weighted by molar-refractivity contribution is 5.74. The largest absolute Gasteiger partial charge is 0.467 e. The van der Waals surface area contributed by atoms with E-state index in [0.29, 0.717) is 36.7 Å². The number of ether oxygens (including phenoxy) is 3. The van der Waals surface area contributed by atoms with E-state index in [0.717, 1.165) is 56.0 Å². The number of anilines is 2. The van der Waals surface area contributed by atoms with Crippen LogP contribution in [0.3, 0.4) is 0 Å². The molecule has 0 saturated carbocycles. The summed E-state index contributed by atoms with van der Waals surface area (Å²) in [5, 5.41) is 8.71. The topological polar surface area (TPSA) is 110 Å². The lowest BCUT2D eigenvalue weighted by atomic mass is 10.1. The summed E-state index contributed by atoms with van der Waals surface area (Å²) in [4.78, 5) is 22.0. The van der Waals surface area contributed by atoms with Crippen molar-refractivity contribution in [2.75, 3.05) is 70.9 Å². The molecular weight excluding hydrogens is 510 g/mol. The van der Waals surface area contributed by atoms with E-state index in [4.69, 9.17) is 19.9 Å². The first kappa shape index (κ1) is 28.4. The number of amides is 1. The molecule has 0 radical (unpaired) electrons. The summed E-state index contributed by atoms with van der Waals surface area (Å²) in [5.41, 5.74) is 8.37. The van der Waals surface area contributed by atoms with Crippen LogP contribution in [0.5, 0.6) is 5.75 Å². The zero-order valence-corrected chi connectivity index (χ0v) is 24.4. The molecule has 1 aromatic heterocycles. The minimum Gasteiger partial charge on any atom is -0.467 e. The van der Waals surface area contributed by atoms with Gasteiger partial charge in [0, 0.05) is 70.1 Å². The number of fused-ring (bicyclic) bond motifs is 2. The number of piperazine rings is 2. The van der Waals surface area contributed by atoms with Crippen molar-refractivity contribution in [1.29, 1.82) is 0 Å². The Morgan fingerprint density at radius 2 is 1.80 bits per heavy atom.